The van der Waals surface area contributed by atoms with Crippen LogP contribution in [-0.2, 0) is 0 Å². The Morgan fingerprint density at radius 3 is 2.58 bits per heavy atom. The smallest absolute Gasteiger partial charge is 0.284 e. The van der Waals surface area contributed by atoms with Gasteiger partial charge in [-0.3, -0.25) is 14.9 Å². The predicted octanol–water partition coefficient (Wildman–Crippen LogP) is 5.35. The predicted molar refractivity (Wildman–Crippen MR) is 104 cm³/mol. The van der Waals surface area contributed by atoms with E-state index in [1.165, 1.54) is 17.8 Å². The molecule has 134 valence electrons. The van der Waals surface area contributed by atoms with E-state index < -0.39 is 4.92 Å². The monoisotopic (exact) mass is 368 g/mol. The fourth-order valence-electron chi connectivity index (χ4n) is 2.16. The number of nitro benzene ring substituents is 1. The van der Waals surface area contributed by atoms with Crippen LogP contribution in [0.1, 0.15) is 30.6 Å². The van der Waals surface area contributed by atoms with E-state index in [9.17, 15) is 14.9 Å². The van der Waals surface area contributed by atoms with Gasteiger partial charge < -0.3 is 5.32 Å². The molecule has 0 atom stereocenters. The lowest BCUT2D eigenvalue weighted by molar-refractivity contribution is -0.387. The van der Waals surface area contributed by atoms with E-state index in [2.05, 4.69) is 5.32 Å². The molecule has 1 N–H and O–H groups in total. The Balaban J connectivity index is 2.26. The van der Waals surface area contributed by atoms with Crippen LogP contribution in [0.3, 0.4) is 0 Å². The van der Waals surface area contributed by atoms with Crippen LogP contribution in [0.2, 0.25) is 0 Å². The zero-order valence-corrected chi connectivity index (χ0v) is 15.5. The summed E-state index contributed by atoms with van der Waals surface area (Å²) in [7, 11) is 0. The molecule has 26 heavy (non-hydrogen) atoms. The first-order chi connectivity index (χ1) is 12.5. The number of nitrogens with one attached hydrogen (secondary N) is 1. The van der Waals surface area contributed by atoms with Crippen LogP contribution >= 0.6 is 11.8 Å². The quantitative estimate of drug-likeness (QED) is 0.406. The summed E-state index contributed by atoms with van der Waals surface area (Å²) in [5, 5.41) is 14.2. The van der Waals surface area contributed by atoms with Gasteiger partial charge >= 0.3 is 0 Å². The zero-order chi connectivity index (χ0) is 18.9. The maximum absolute atomic E-state index is 12.4. The second kappa shape index (κ2) is 9.58. The van der Waals surface area contributed by atoms with Crippen LogP contribution in [-0.4, -0.2) is 10.8 Å². The van der Waals surface area contributed by atoms with Crippen LogP contribution in [0, 0.1) is 10.1 Å². The first-order valence-corrected chi connectivity index (χ1v) is 9.02. The maximum atomic E-state index is 12.4. The maximum Gasteiger partial charge on any atom is 0.284 e. The van der Waals surface area contributed by atoms with Crippen molar-refractivity contribution >= 4 is 23.4 Å². The molecule has 2 aromatic rings. The molecular formula is C20H20N2O3S. The number of nitro groups is 1. The highest BCUT2D eigenvalue weighted by Gasteiger charge is 2.18. The summed E-state index contributed by atoms with van der Waals surface area (Å²) in [6.45, 7) is 3.82. The lowest BCUT2D eigenvalue weighted by atomic mass is 10.2. The number of rotatable bonds is 7. The number of amides is 1. The molecule has 6 heteroatoms. The van der Waals surface area contributed by atoms with Gasteiger partial charge in [-0.25, -0.2) is 0 Å². The first kappa shape index (κ1) is 19.5. The first-order valence-electron chi connectivity index (χ1n) is 8.20. The van der Waals surface area contributed by atoms with Crippen molar-refractivity contribution in [3.8, 4) is 0 Å². The van der Waals surface area contributed by atoms with Gasteiger partial charge in [-0.2, -0.15) is 0 Å². The number of hydrogen-bond acceptors (Lipinski definition) is 4. The average Bonchev–Trinajstić information content (AvgIpc) is 2.65. The van der Waals surface area contributed by atoms with Crippen molar-refractivity contribution in [2.45, 2.75) is 30.1 Å². The van der Waals surface area contributed by atoms with E-state index in [0.29, 0.717) is 10.6 Å². The Labute approximate surface area is 157 Å². The van der Waals surface area contributed by atoms with Crippen molar-refractivity contribution in [2.75, 3.05) is 0 Å². The molecule has 0 heterocycles. The Morgan fingerprint density at radius 2 is 1.96 bits per heavy atom. The molecule has 0 aliphatic carbocycles. The second-order valence-electron chi connectivity index (χ2n) is 5.36. The van der Waals surface area contributed by atoms with Crippen LogP contribution in [0.5, 0.6) is 0 Å². The van der Waals surface area contributed by atoms with Crippen LogP contribution < -0.4 is 5.32 Å². The van der Waals surface area contributed by atoms with Gasteiger partial charge in [-0.1, -0.05) is 49.0 Å². The van der Waals surface area contributed by atoms with Gasteiger partial charge in [-0.15, -0.1) is 0 Å². The van der Waals surface area contributed by atoms with Crippen molar-refractivity contribution in [3.05, 3.63) is 88.1 Å². The van der Waals surface area contributed by atoms with E-state index in [1.807, 2.05) is 56.3 Å². The molecule has 0 aliphatic heterocycles. The summed E-state index contributed by atoms with van der Waals surface area (Å²) < 4.78 is 0. The standard InChI is InChI=1S/C20H20N2O3S/c1-3-5-9-16(4-2)21-20(23)15-12-13-19(18(14-15)22(24)25)26-17-10-7-6-8-11-17/h4-14H,3H2,1-2H3,(H,21,23)/b9-5-,16-4+. The van der Waals surface area contributed by atoms with E-state index in [0.717, 1.165) is 11.3 Å². The van der Waals surface area contributed by atoms with E-state index in [4.69, 9.17) is 0 Å². The third-order valence-electron chi connectivity index (χ3n) is 3.49. The molecule has 0 aromatic heterocycles. The second-order valence-corrected chi connectivity index (χ2v) is 6.48. The van der Waals surface area contributed by atoms with Gasteiger partial charge in [0.1, 0.15) is 0 Å². The number of carbonyl (C=O) groups excluding carboxylic acids is 1. The van der Waals surface area contributed by atoms with Gasteiger partial charge in [0, 0.05) is 22.2 Å². The molecule has 0 unspecified atom stereocenters. The highest BCUT2D eigenvalue weighted by atomic mass is 32.2. The molecule has 0 saturated carbocycles. The topological polar surface area (TPSA) is 72.2 Å². The molecular weight excluding hydrogens is 348 g/mol. The van der Waals surface area contributed by atoms with Gasteiger partial charge in [-0.05, 0) is 43.7 Å². The summed E-state index contributed by atoms with van der Waals surface area (Å²) >= 11 is 1.30. The van der Waals surface area contributed by atoms with E-state index in [1.54, 1.807) is 18.2 Å². The molecule has 1 amide bonds. The number of carbonyl (C=O) groups is 1. The molecule has 2 rings (SSSR count). The fourth-order valence-corrected chi connectivity index (χ4v) is 3.08. The van der Waals surface area contributed by atoms with E-state index >= 15 is 0 Å². The normalized spacial score (nSPS) is 11.5. The molecule has 5 nitrogen and oxygen atoms in total. The number of benzene rings is 2. The zero-order valence-electron chi connectivity index (χ0n) is 14.6. The molecule has 0 saturated heterocycles. The molecule has 0 radical (unpaired) electrons. The SMILES string of the molecule is C/C=C(\C=C/CC)NC(=O)c1ccc(Sc2ccccc2)c([N+](=O)[O-])c1. The number of nitrogens with zero attached hydrogens (tertiary/aromatic N) is 1. The minimum Gasteiger partial charge on any atom is -0.322 e. The summed E-state index contributed by atoms with van der Waals surface area (Å²) in [6, 6.07) is 13.9. The Kier molecular flexibility index (Phi) is 7.17. The summed E-state index contributed by atoms with van der Waals surface area (Å²) in [6.07, 6.45) is 6.37. The molecule has 0 bridgehead atoms. The highest BCUT2D eigenvalue weighted by molar-refractivity contribution is 7.99. The third kappa shape index (κ3) is 5.32. The Bertz CT molecular complexity index is 845. The van der Waals surface area contributed by atoms with Gasteiger partial charge in [0.25, 0.3) is 11.6 Å². The Morgan fingerprint density at radius 1 is 1.23 bits per heavy atom. The molecule has 0 spiro atoms. The lowest BCUT2D eigenvalue weighted by Crippen LogP contribution is -2.21. The van der Waals surface area contributed by atoms with Crippen molar-refractivity contribution < 1.29 is 9.72 Å². The molecule has 2 aromatic carbocycles. The van der Waals surface area contributed by atoms with Crippen LogP contribution in [0.15, 0.2) is 82.2 Å². The van der Waals surface area contributed by atoms with Crippen LogP contribution in [0.4, 0.5) is 5.69 Å². The van der Waals surface area contributed by atoms with Gasteiger partial charge in [0.05, 0.1) is 9.82 Å². The minimum absolute atomic E-state index is 0.0855. The van der Waals surface area contributed by atoms with Gasteiger partial charge in [0.2, 0.25) is 0 Å². The van der Waals surface area contributed by atoms with Crippen LogP contribution in [0.25, 0.3) is 0 Å². The molecule has 0 fully saturated rings. The van der Waals surface area contributed by atoms with E-state index in [-0.39, 0.29) is 17.2 Å². The highest BCUT2D eigenvalue weighted by Crippen LogP contribution is 2.35. The van der Waals surface area contributed by atoms with Gasteiger partial charge in [0.15, 0.2) is 0 Å². The Hall–Kier alpha value is -2.86. The summed E-state index contributed by atoms with van der Waals surface area (Å²) in [5.74, 6) is -0.377. The van der Waals surface area contributed by atoms with Crippen molar-refractivity contribution in [3.63, 3.8) is 0 Å². The third-order valence-corrected chi connectivity index (χ3v) is 4.56. The lowest BCUT2D eigenvalue weighted by Gasteiger charge is -2.08. The minimum atomic E-state index is -0.463. The summed E-state index contributed by atoms with van der Waals surface area (Å²) in [5.41, 5.74) is 0.818. The van der Waals surface area contributed by atoms with Crippen molar-refractivity contribution in [1.82, 2.24) is 5.32 Å². The molecule has 0 aliphatic rings. The number of hydrogen-bond donors (Lipinski definition) is 1. The van der Waals surface area contributed by atoms with Crippen molar-refractivity contribution in [1.29, 1.82) is 0 Å². The largest absolute Gasteiger partial charge is 0.322 e. The average molecular weight is 368 g/mol. The fraction of sp³-hybridized carbons (Fsp3) is 0.150. The van der Waals surface area contributed by atoms with Crippen molar-refractivity contribution in [2.24, 2.45) is 0 Å². The summed E-state index contributed by atoms with van der Waals surface area (Å²) in [4.78, 5) is 24.8. The number of allylic oxidation sites excluding steroid dienone is 3.